The van der Waals surface area contributed by atoms with Gasteiger partial charge in [0, 0.05) is 61.7 Å². The number of aliphatic hydroxyl groups is 1. The van der Waals surface area contributed by atoms with Gasteiger partial charge in [-0.15, -0.1) is 0 Å². The van der Waals surface area contributed by atoms with E-state index < -0.39 is 43.1 Å². The lowest BCUT2D eigenvalue weighted by molar-refractivity contribution is -0.384. The van der Waals surface area contributed by atoms with Gasteiger partial charge < -0.3 is 34.7 Å². The number of H-pyrrole nitrogens is 1. The summed E-state index contributed by atoms with van der Waals surface area (Å²) in [4.78, 5) is 41.3. The maximum absolute atomic E-state index is 14.7. The lowest BCUT2D eigenvalue weighted by Crippen LogP contribution is -2.55. The van der Waals surface area contributed by atoms with Crippen LogP contribution in [0.4, 0.5) is 28.4 Å². The normalized spacial score (nSPS) is 25.6. The molecule has 376 valence electrons. The molecule has 0 radical (unpaired) electrons. The van der Waals surface area contributed by atoms with Gasteiger partial charge >= 0.3 is 0 Å². The van der Waals surface area contributed by atoms with E-state index in [2.05, 4.69) is 67.8 Å². The van der Waals surface area contributed by atoms with Crippen LogP contribution in [0.15, 0.2) is 83.9 Å². The molecule has 2 aromatic heterocycles. The third kappa shape index (κ3) is 9.23. The predicted molar refractivity (Wildman–Crippen MR) is 273 cm³/mol. The summed E-state index contributed by atoms with van der Waals surface area (Å²) in [7, 11) is -4.61. The van der Waals surface area contributed by atoms with Gasteiger partial charge in [0.15, 0.2) is 0 Å². The molecule has 0 unspecified atom stereocenters. The highest BCUT2D eigenvalue weighted by Crippen LogP contribution is 2.55. The Balaban J connectivity index is 0.863. The van der Waals surface area contributed by atoms with Crippen molar-refractivity contribution in [3.63, 3.8) is 0 Å². The van der Waals surface area contributed by atoms with E-state index in [0.29, 0.717) is 79.9 Å². The minimum atomic E-state index is -4.61. The number of carbonyl (C=O) groups excluding carboxylic acids is 1. The van der Waals surface area contributed by atoms with Crippen LogP contribution in [-0.2, 0) is 14.8 Å². The van der Waals surface area contributed by atoms with Crippen LogP contribution in [-0.4, -0.2) is 102 Å². The van der Waals surface area contributed by atoms with Crippen molar-refractivity contribution in [2.24, 2.45) is 11.3 Å². The first-order valence-electron chi connectivity index (χ1n) is 25.7. The number of piperidine rings is 1. The number of nitrogens with zero attached hydrogens (tertiary/aromatic N) is 5. The molecular weight excluding hydrogens is 921 g/mol. The van der Waals surface area contributed by atoms with Crippen LogP contribution in [0.1, 0.15) is 125 Å². The molecule has 4 aliphatic heterocycles. The van der Waals surface area contributed by atoms with Crippen LogP contribution in [0, 0.1) is 21.4 Å². The van der Waals surface area contributed by atoms with E-state index in [0.717, 1.165) is 62.5 Å². The standard InChI is InChI=1S/C54H66N8O8S/c1-34(2)40-7-4-5-8-41(40)44-9-6-23-60(44)38-30-54(31-38)20-24-59(25-21-54)37-10-12-42(46(28-37)61-45-17-26-69-33-49(45)70-52-48(61)27-36-16-22-55-50(36)57-52)51(63)58-71(67,68)39-11-13-43(47(29-39)62(65)66)56-32-35-14-18-53(3,64)19-15-35/h4-5,7-8,10-13,16,22,27-29,34-35,38,44-45,49,56,64H,6,9,14-15,17-21,23-26,30-33H2,1-3H3,(H,55,57)(H,58,63)/t35?,44-,45-,49+,53?/m0/s1. The van der Waals surface area contributed by atoms with Gasteiger partial charge in [-0.05, 0) is 155 Å². The molecule has 6 aliphatic rings. The number of hydrogen-bond donors (Lipinski definition) is 4. The quantitative estimate of drug-likeness (QED) is 0.0683. The largest absolute Gasteiger partial charge is 0.468 e. The van der Waals surface area contributed by atoms with Crippen LogP contribution in [0.3, 0.4) is 0 Å². The average molecular weight is 987 g/mol. The first-order valence-corrected chi connectivity index (χ1v) is 27.2. The van der Waals surface area contributed by atoms with E-state index in [9.17, 15) is 28.4 Å². The molecule has 3 saturated heterocycles. The number of ether oxygens (including phenoxy) is 2. The van der Waals surface area contributed by atoms with Crippen molar-refractivity contribution in [2.45, 2.75) is 132 Å². The number of sulfonamides is 1. The van der Waals surface area contributed by atoms with Gasteiger partial charge in [0.05, 0.1) is 39.3 Å². The monoisotopic (exact) mass is 986 g/mol. The molecule has 5 aromatic rings. The zero-order chi connectivity index (χ0) is 49.2. The first kappa shape index (κ1) is 47.6. The lowest BCUT2D eigenvalue weighted by Gasteiger charge is -2.56. The molecule has 11 rings (SSSR count). The summed E-state index contributed by atoms with van der Waals surface area (Å²) < 4.78 is 43.1. The second-order valence-corrected chi connectivity index (χ2v) is 23.5. The Labute approximate surface area is 415 Å². The van der Waals surface area contributed by atoms with Crippen molar-refractivity contribution in [1.29, 1.82) is 0 Å². The number of hydrogen-bond acceptors (Lipinski definition) is 13. The number of nitro benzene ring substituents is 1. The summed E-state index contributed by atoms with van der Waals surface area (Å²) in [5.41, 5.74) is 5.17. The fourth-order valence-electron chi connectivity index (χ4n) is 12.8. The van der Waals surface area contributed by atoms with Gasteiger partial charge in [0.2, 0.25) is 5.88 Å². The highest BCUT2D eigenvalue weighted by Gasteiger charge is 2.50. The molecule has 0 bridgehead atoms. The molecule has 3 aromatic carbocycles. The molecule has 5 fully saturated rings. The summed E-state index contributed by atoms with van der Waals surface area (Å²) in [5, 5.41) is 26.8. The van der Waals surface area contributed by atoms with Gasteiger partial charge in [0.1, 0.15) is 23.1 Å². The number of aromatic amines is 1. The summed E-state index contributed by atoms with van der Waals surface area (Å²) in [6.07, 6.45) is 11.7. The Hall–Kier alpha value is -5.75. The van der Waals surface area contributed by atoms with Crippen molar-refractivity contribution in [3.05, 3.63) is 106 Å². The Bertz CT molecular complexity index is 2930. The third-order valence-electron chi connectivity index (χ3n) is 16.8. The number of amides is 1. The Kier molecular flexibility index (Phi) is 12.5. The molecule has 2 saturated carbocycles. The van der Waals surface area contributed by atoms with E-state index in [1.54, 1.807) is 6.07 Å². The highest BCUT2D eigenvalue weighted by atomic mass is 32.2. The lowest BCUT2D eigenvalue weighted by atomic mass is 9.59. The Morgan fingerprint density at radius 1 is 0.972 bits per heavy atom. The summed E-state index contributed by atoms with van der Waals surface area (Å²) in [5.74, 6) is 0.194. The highest BCUT2D eigenvalue weighted by molar-refractivity contribution is 7.90. The van der Waals surface area contributed by atoms with E-state index in [1.165, 1.54) is 48.9 Å². The van der Waals surface area contributed by atoms with E-state index in [-0.39, 0.29) is 28.6 Å². The number of rotatable bonds is 12. The third-order valence-corrected chi connectivity index (χ3v) is 18.2. The van der Waals surface area contributed by atoms with E-state index in [4.69, 9.17) is 14.5 Å². The molecule has 16 nitrogen and oxygen atoms in total. The number of benzene rings is 3. The number of pyridine rings is 1. The minimum Gasteiger partial charge on any atom is -0.468 e. The molecule has 6 heterocycles. The summed E-state index contributed by atoms with van der Waals surface area (Å²) >= 11 is 0. The summed E-state index contributed by atoms with van der Waals surface area (Å²) in [6.45, 7) is 10.5. The van der Waals surface area contributed by atoms with Gasteiger partial charge in [0.25, 0.3) is 21.6 Å². The molecular formula is C54H66N8O8S. The zero-order valence-electron chi connectivity index (χ0n) is 40.9. The van der Waals surface area contributed by atoms with Crippen LogP contribution in [0.2, 0.25) is 0 Å². The number of nitrogens with one attached hydrogen (secondary N) is 3. The number of anilines is 4. The fraction of sp³-hybridized carbons (Fsp3) is 0.519. The van der Waals surface area contributed by atoms with Crippen LogP contribution < -0.4 is 24.6 Å². The van der Waals surface area contributed by atoms with Crippen molar-refractivity contribution in [3.8, 4) is 5.88 Å². The van der Waals surface area contributed by atoms with Crippen LogP contribution in [0.25, 0.3) is 11.0 Å². The smallest absolute Gasteiger partial charge is 0.293 e. The molecule has 1 amide bonds. The fourth-order valence-corrected chi connectivity index (χ4v) is 13.7. The number of aromatic nitrogens is 2. The second-order valence-electron chi connectivity index (χ2n) is 21.8. The number of likely N-dealkylation sites (tertiary alicyclic amines) is 1. The summed E-state index contributed by atoms with van der Waals surface area (Å²) in [6, 6.07) is 23.0. The molecule has 3 atom stereocenters. The molecule has 71 heavy (non-hydrogen) atoms. The number of carbonyl (C=O) groups is 1. The maximum atomic E-state index is 14.7. The van der Waals surface area contributed by atoms with Crippen molar-refractivity contribution in [2.75, 3.05) is 54.5 Å². The maximum Gasteiger partial charge on any atom is 0.293 e. The van der Waals surface area contributed by atoms with E-state index in [1.807, 2.05) is 37.4 Å². The zero-order valence-corrected chi connectivity index (χ0v) is 41.8. The van der Waals surface area contributed by atoms with Crippen molar-refractivity contribution >= 4 is 55.4 Å². The van der Waals surface area contributed by atoms with Crippen LogP contribution in [0.5, 0.6) is 5.88 Å². The van der Waals surface area contributed by atoms with Crippen molar-refractivity contribution < 1.29 is 32.7 Å². The van der Waals surface area contributed by atoms with Gasteiger partial charge in [-0.1, -0.05) is 38.1 Å². The first-order chi connectivity index (χ1) is 34.1. The van der Waals surface area contributed by atoms with Gasteiger partial charge in [-0.2, -0.15) is 4.98 Å². The average Bonchev–Trinajstić information content (AvgIpc) is 4.03. The van der Waals surface area contributed by atoms with E-state index >= 15 is 0 Å². The minimum absolute atomic E-state index is 0.123. The Morgan fingerprint density at radius 3 is 2.54 bits per heavy atom. The number of nitro groups is 1. The van der Waals surface area contributed by atoms with Crippen molar-refractivity contribution in [1.82, 2.24) is 19.6 Å². The predicted octanol–water partition coefficient (Wildman–Crippen LogP) is 9.34. The number of fused-ring (bicyclic) bond motifs is 3. The Morgan fingerprint density at radius 2 is 1.76 bits per heavy atom. The van der Waals surface area contributed by atoms with Gasteiger partial charge in [-0.3, -0.25) is 19.8 Å². The molecule has 2 aliphatic carbocycles. The molecule has 17 heteroatoms. The second kappa shape index (κ2) is 18.7. The van der Waals surface area contributed by atoms with Crippen LogP contribution >= 0.6 is 0 Å². The SMILES string of the molecule is CC(C)c1ccccc1[C@@H]1CCCN1C1CC2(CCN(c3ccc(C(=O)NS(=O)(=O)c4ccc(NCC5CCC(C)(O)CC5)c([N+](=O)[O-])c4)c(N4c5cc6cc[nH]c6nc5O[C@@H]5COCC[C@@H]54)c3)CC2)C1. The topological polar surface area (TPSA) is 196 Å². The molecule has 1 spiro atoms. The molecule has 4 N–H and O–H groups in total. The van der Waals surface area contributed by atoms with Gasteiger partial charge in [-0.25, -0.2) is 13.1 Å².